The van der Waals surface area contributed by atoms with Crippen LogP contribution in [0.4, 0.5) is 5.82 Å². The molecule has 0 spiro atoms. The molecule has 2 rings (SSSR count). The lowest BCUT2D eigenvalue weighted by molar-refractivity contribution is -0.119. The lowest BCUT2D eigenvalue weighted by Crippen LogP contribution is -2.39. The minimum absolute atomic E-state index is 0.100. The predicted octanol–water partition coefficient (Wildman–Crippen LogP) is -0.281. The number of amides is 2. The number of rotatable bonds is 3. The van der Waals surface area contributed by atoms with Crippen molar-refractivity contribution in [2.75, 3.05) is 18.8 Å². The molecule has 1 aliphatic heterocycles. The minimum Gasteiger partial charge on any atom is -0.382 e. The summed E-state index contributed by atoms with van der Waals surface area (Å²) in [5, 5.41) is 6.34. The van der Waals surface area contributed by atoms with Crippen molar-refractivity contribution in [3.63, 3.8) is 0 Å². The molecule has 0 saturated carbocycles. The lowest BCUT2D eigenvalue weighted by Gasteiger charge is -2.31. The number of aromatic amines is 1. The summed E-state index contributed by atoms with van der Waals surface area (Å²) < 4.78 is 0. The third-order valence-corrected chi connectivity index (χ3v) is 3.22. The van der Waals surface area contributed by atoms with Crippen LogP contribution in [0.1, 0.15) is 29.8 Å². The first-order chi connectivity index (χ1) is 8.56. The second kappa shape index (κ2) is 5.07. The number of nitrogens with two attached hydrogens (primary N) is 2. The molecule has 1 aliphatic rings. The summed E-state index contributed by atoms with van der Waals surface area (Å²) in [6.45, 7) is 1.27. The Hall–Kier alpha value is -2.05. The molecule has 0 atom stereocenters. The van der Waals surface area contributed by atoms with Crippen LogP contribution in [0.2, 0.25) is 0 Å². The highest BCUT2D eigenvalue weighted by atomic mass is 16.2. The number of anilines is 1. The number of hydrogen-bond acceptors (Lipinski definition) is 4. The van der Waals surface area contributed by atoms with E-state index in [4.69, 9.17) is 11.5 Å². The van der Waals surface area contributed by atoms with E-state index in [9.17, 15) is 9.59 Å². The maximum atomic E-state index is 12.0. The van der Waals surface area contributed by atoms with Crippen LogP contribution in [0.3, 0.4) is 0 Å². The first kappa shape index (κ1) is 12.4. The van der Waals surface area contributed by atoms with Crippen molar-refractivity contribution in [1.82, 2.24) is 15.1 Å². The zero-order valence-corrected chi connectivity index (χ0v) is 10.1. The number of likely N-dealkylation sites (tertiary alicyclic amines) is 1. The molecule has 1 fully saturated rings. The van der Waals surface area contributed by atoms with Crippen molar-refractivity contribution in [3.05, 3.63) is 11.8 Å². The van der Waals surface area contributed by atoms with E-state index in [1.165, 1.54) is 6.07 Å². The molecule has 7 nitrogen and oxygen atoms in total. The maximum Gasteiger partial charge on any atom is 0.271 e. The normalized spacial score (nSPS) is 16.8. The molecule has 1 aromatic heterocycles. The number of nitrogens with zero attached hydrogens (tertiary/aromatic N) is 2. The molecular formula is C11H17N5O2. The highest BCUT2D eigenvalue weighted by Gasteiger charge is 2.25. The molecule has 98 valence electrons. The lowest BCUT2D eigenvalue weighted by atomic mass is 9.93. The Morgan fingerprint density at radius 2 is 2.11 bits per heavy atom. The highest BCUT2D eigenvalue weighted by Crippen LogP contribution is 2.21. The predicted molar refractivity (Wildman–Crippen MR) is 65.4 cm³/mol. The second-order valence-electron chi connectivity index (χ2n) is 4.61. The van der Waals surface area contributed by atoms with E-state index in [1.54, 1.807) is 4.90 Å². The van der Waals surface area contributed by atoms with E-state index in [0.29, 0.717) is 36.9 Å². The van der Waals surface area contributed by atoms with Crippen LogP contribution in [0.5, 0.6) is 0 Å². The molecule has 0 aliphatic carbocycles. The van der Waals surface area contributed by atoms with Gasteiger partial charge in [0.1, 0.15) is 11.5 Å². The third kappa shape index (κ3) is 2.79. The SMILES string of the molecule is NC(=O)CC1CCN(C(=O)c2cc(N)n[nH]2)CC1. The number of nitrogens with one attached hydrogen (secondary N) is 1. The third-order valence-electron chi connectivity index (χ3n) is 3.22. The molecule has 2 amide bonds. The van der Waals surface area contributed by atoms with Crippen LogP contribution >= 0.6 is 0 Å². The van der Waals surface area contributed by atoms with Crippen molar-refractivity contribution in [3.8, 4) is 0 Å². The Kier molecular flexibility index (Phi) is 3.50. The van der Waals surface area contributed by atoms with Gasteiger partial charge >= 0.3 is 0 Å². The smallest absolute Gasteiger partial charge is 0.271 e. The van der Waals surface area contributed by atoms with Crippen LogP contribution in [0.25, 0.3) is 0 Å². The van der Waals surface area contributed by atoms with Gasteiger partial charge in [-0.05, 0) is 18.8 Å². The number of carbonyl (C=O) groups excluding carboxylic acids is 2. The minimum atomic E-state index is -0.277. The number of nitrogen functional groups attached to an aromatic ring is 1. The van der Waals surface area contributed by atoms with Crippen molar-refractivity contribution in [2.45, 2.75) is 19.3 Å². The van der Waals surface area contributed by atoms with Crippen LogP contribution in [0.15, 0.2) is 6.07 Å². The van der Waals surface area contributed by atoms with Crippen molar-refractivity contribution >= 4 is 17.6 Å². The van der Waals surface area contributed by atoms with Gasteiger partial charge in [-0.15, -0.1) is 0 Å². The summed E-state index contributed by atoms with van der Waals surface area (Å²) in [7, 11) is 0. The summed E-state index contributed by atoms with van der Waals surface area (Å²) in [5.41, 5.74) is 11.0. The molecular weight excluding hydrogens is 234 g/mol. The Morgan fingerprint density at radius 3 is 2.61 bits per heavy atom. The molecule has 5 N–H and O–H groups in total. The number of aromatic nitrogens is 2. The maximum absolute atomic E-state index is 12.0. The molecule has 0 bridgehead atoms. The number of primary amides is 1. The van der Waals surface area contributed by atoms with Gasteiger partial charge in [-0.2, -0.15) is 5.10 Å². The van der Waals surface area contributed by atoms with Gasteiger partial charge in [-0.25, -0.2) is 0 Å². The van der Waals surface area contributed by atoms with Crippen LogP contribution in [0, 0.1) is 5.92 Å². The summed E-state index contributed by atoms with van der Waals surface area (Å²) in [5.74, 6) is 0.221. The average molecular weight is 251 g/mol. The van der Waals surface area contributed by atoms with E-state index < -0.39 is 0 Å². The van der Waals surface area contributed by atoms with E-state index in [0.717, 1.165) is 12.8 Å². The molecule has 1 saturated heterocycles. The van der Waals surface area contributed by atoms with E-state index in [2.05, 4.69) is 10.2 Å². The second-order valence-corrected chi connectivity index (χ2v) is 4.61. The van der Waals surface area contributed by atoms with E-state index in [1.807, 2.05) is 0 Å². The van der Waals surface area contributed by atoms with Gasteiger partial charge in [-0.3, -0.25) is 14.7 Å². The topological polar surface area (TPSA) is 118 Å². The van der Waals surface area contributed by atoms with Crippen molar-refractivity contribution in [1.29, 1.82) is 0 Å². The largest absolute Gasteiger partial charge is 0.382 e. The Bertz CT molecular complexity index is 448. The summed E-state index contributed by atoms with van der Waals surface area (Å²) in [6.07, 6.45) is 2.01. The van der Waals surface area contributed by atoms with Crippen molar-refractivity contribution < 1.29 is 9.59 Å². The van der Waals surface area contributed by atoms with Crippen LogP contribution in [-0.4, -0.2) is 40.0 Å². The number of hydrogen-bond donors (Lipinski definition) is 3. The van der Waals surface area contributed by atoms with Crippen LogP contribution in [-0.2, 0) is 4.79 Å². The van der Waals surface area contributed by atoms with Gasteiger partial charge in [0.2, 0.25) is 5.91 Å². The quantitative estimate of drug-likeness (QED) is 0.684. The van der Waals surface area contributed by atoms with Gasteiger partial charge in [-0.1, -0.05) is 0 Å². The van der Waals surface area contributed by atoms with E-state index in [-0.39, 0.29) is 11.8 Å². The molecule has 0 aromatic carbocycles. The number of piperidine rings is 1. The fraction of sp³-hybridized carbons (Fsp3) is 0.545. The first-order valence-corrected chi connectivity index (χ1v) is 5.94. The standard InChI is InChI=1S/C11H17N5O2/c12-9-6-8(14-15-9)11(18)16-3-1-7(2-4-16)5-10(13)17/h6-7H,1-5H2,(H2,13,17)(H3,12,14,15). The fourth-order valence-corrected chi connectivity index (χ4v) is 2.24. The monoisotopic (exact) mass is 251 g/mol. The molecule has 1 aromatic rings. The van der Waals surface area contributed by atoms with E-state index >= 15 is 0 Å². The zero-order chi connectivity index (χ0) is 13.1. The average Bonchev–Trinajstić information content (AvgIpc) is 2.75. The van der Waals surface area contributed by atoms with Gasteiger partial charge in [0, 0.05) is 25.6 Å². The molecule has 18 heavy (non-hydrogen) atoms. The summed E-state index contributed by atoms with van der Waals surface area (Å²) in [4.78, 5) is 24.6. The number of H-pyrrole nitrogens is 1. The molecule has 0 unspecified atom stereocenters. The molecule has 0 radical (unpaired) electrons. The Balaban J connectivity index is 1.90. The Morgan fingerprint density at radius 1 is 1.44 bits per heavy atom. The highest BCUT2D eigenvalue weighted by molar-refractivity contribution is 5.93. The first-order valence-electron chi connectivity index (χ1n) is 5.94. The number of carbonyl (C=O) groups is 2. The fourth-order valence-electron chi connectivity index (χ4n) is 2.24. The Labute approximate surface area is 105 Å². The van der Waals surface area contributed by atoms with Crippen molar-refractivity contribution in [2.24, 2.45) is 11.7 Å². The summed E-state index contributed by atoms with van der Waals surface area (Å²) in [6, 6.07) is 1.53. The van der Waals surface area contributed by atoms with Gasteiger partial charge in [0.15, 0.2) is 0 Å². The van der Waals surface area contributed by atoms with Gasteiger partial charge in [0.05, 0.1) is 0 Å². The van der Waals surface area contributed by atoms with Gasteiger partial charge < -0.3 is 16.4 Å². The molecule has 7 heteroatoms. The zero-order valence-electron chi connectivity index (χ0n) is 10.1. The van der Waals surface area contributed by atoms with Crippen LogP contribution < -0.4 is 11.5 Å². The summed E-state index contributed by atoms with van der Waals surface area (Å²) >= 11 is 0. The van der Waals surface area contributed by atoms with Gasteiger partial charge in [0.25, 0.3) is 5.91 Å². The molecule has 2 heterocycles.